The summed E-state index contributed by atoms with van der Waals surface area (Å²) < 4.78 is 5.93. The molecule has 0 bridgehead atoms. The lowest BCUT2D eigenvalue weighted by molar-refractivity contribution is 0.165. The average molecular weight is 431 g/mol. The normalized spacial score (nSPS) is 12.5. The molecule has 4 heteroatoms. The third-order valence-electron chi connectivity index (χ3n) is 5.58. The number of unbranched alkanes of at least 4 members (excludes halogenated alkanes) is 8. The molecule has 0 aliphatic heterocycles. The zero-order chi connectivity index (χ0) is 20.6. The van der Waals surface area contributed by atoms with Gasteiger partial charge in [-0.15, -0.1) is 0 Å². The highest BCUT2D eigenvalue weighted by Crippen LogP contribution is 2.26. The van der Waals surface area contributed by atoms with Crippen LogP contribution in [0.2, 0.25) is 10.0 Å². The van der Waals surface area contributed by atoms with Crippen molar-refractivity contribution >= 4 is 23.2 Å². The SMILES string of the molecule is CCCCCCCCCCCC(CCOc1ccc(Cl)c(Cl)c1)N(CC)CC. The molecule has 0 heterocycles. The Bertz CT molecular complexity index is 505. The molecule has 0 aliphatic rings. The molecule has 1 aromatic carbocycles. The van der Waals surface area contributed by atoms with Crippen LogP contribution in [-0.4, -0.2) is 30.6 Å². The van der Waals surface area contributed by atoms with Crippen LogP contribution in [0.25, 0.3) is 0 Å². The van der Waals surface area contributed by atoms with E-state index < -0.39 is 0 Å². The lowest BCUT2D eigenvalue weighted by Crippen LogP contribution is -2.36. The van der Waals surface area contributed by atoms with E-state index in [1.54, 1.807) is 12.1 Å². The monoisotopic (exact) mass is 429 g/mol. The van der Waals surface area contributed by atoms with Crippen LogP contribution >= 0.6 is 23.2 Å². The molecule has 1 atom stereocenters. The first-order valence-electron chi connectivity index (χ1n) is 11.4. The summed E-state index contributed by atoms with van der Waals surface area (Å²) in [5.41, 5.74) is 0. The molecule has 162 valence electrons. The Hall–Kier alpha value is -0.440. The van der Waals surface area contributed by atoms with Crippen LogP contribution in [0.3, 0.4) is 0 Å². The average Bonchev–Trinajstić information content (AvgIpc) is 2.69. The first kappa shape index (κ1) is 25.6. The Balaban J connectivity index is 2.29. The number of benzene rings is 1. The zero-order valence-corrected chi connectivity index (χ0v) is 19.8. The number of hydrogen-bond donors (Lipinski definition) is 0. The molecule has 1 aromatic rings. The molecular formula is C24H41Cl2NO. The lowest BCUT2D eigenvalue weighted by atomic mass is 10.0. The standard InChI is InChI=1S/C24H41Cl2NO/c1-4-7-8-9-10-11-12-13-14-15-21(27(5-2)6-3)18-19-28-22-16-17-23(25)24(26)20-22/h16-17,20-21H,4-15,18-19H2,1-3H3. The second-order valence-corrected chi connectivity index (χ2v) is 8.52. The number of nitrogens with zero attached hydrogens (tertiary/aromatic N) is 1. The number of halogens is 2. The molecular weight excluding hydrogens is 389 g/mol. The van der Waals surface area contributed by atoms with Crippen LogP contribution in [0.4, 0.5) is 0 Å². The molecule has 0 saturated heterocycles. The van der Waals surface area contributed by atoms with Crippen molar-refractivity contribution in [1.29, 1.82) is 0 Å². The van der Waals surface area contributed by atoms with Gasteiger partial charge in [0.2, 0.25) is 0 Å². The van der Waals surface area contributed by atoms with E-state index in [1.165, 1.54) is 64.2 Å². The fourth-order valence-corrected chi connectivity index (χ4v) is 4.11. The van der Waals surface area contributed by atoms with Gasteiger partial charge in [-0.25, -0.2) is 0 Å². The maximum atomic E-state index is 6.08. The Morgan fingerprint density at radius 1 is 0.786 bits per heavy atom. The highest BCUT2D eigenvalue weighted by Gasteiger charge is 2.15. The van der Waals surface area contributed by atoms with Gasteiger partial charge in [-0.05, 0) is 38.1 Å². The maximum absolute atomic E-state index is 6.08. The molecule has 28 heavy (non-hydrogen) atoms. The van der Waals surface area contributed by atoms with Gasteiger partial charge in [-0.3, -0.25) is 0 Å². The predicted molar refractivity (Wildman–Crippen MR) is 125 cm³/mol. The summed E-state index contributed by atoms with van der Waals surface area (Å²) in [4.78, 5) is 2.57. The van der Waals surface area contributed by atoms with E-state index in [1.807, 2.05) is 6.07 Å². The summed E-state index contributed by atoms with van der Waals surface area (Å²) in [5, 5.41) is 1.12. The van der Waals surface area contributed by atoms with Crippen LogP contribution in [-0.2, 0) is 0 Å². The largest absolute Gasteiger partial charge is 0.493 e. The molecule has 0 spiro atoms. The molecule has 0 N–H and O–H groups in total. The molecule has 2 nitrogen and oxygen atoms in total. The van der Waals surface area contributed by atoms with Crippen LogP contribution < -0.4 is 4.74 Å². The van der Waals surface area contributed by atoms with Gasteiger partial charge in [-0.2, -0.15) is 0 Å². The summed E-state index contributed by atoms with van der Waals surface area (Å²) in [6.45, 7) is 9.72. The number of ether oxygens (including phenoxy) is 1. The molecule has 0 radical (unpaired) electrons. The van der Waals surface area contributed by atoms with E-state index in [0.29, 0.717) is 16.1 Å². The van der Waals surface area contributed by atoms with Crippen LogP contribution in [0, 0.1) is 0 Å². The van der Waals surface area contributed by atoms with E-state index in [-0.39, 0.29) is 0 Å². The van der Waals surface area contributed by atoms with E-state index in [0.717, 1.165) is 31.9 Å². The fraction of sp³-hybridized carbons (Fsp3) is 0.750. The van der Waals surface area contributed by atoms with Crippen molar-refractivity contribution in [1.82, 2.24) is 4.90 Å². The van der Waals surface area contributed by atoms with Gasteiger partial charge in [0.25, 0.3) is 0 Å². The van der Waals surface area contributed by atoms with E-state index in [9.17, 15) is 0 Å². The zero-order valence-electron chi connectivity index (χ0n) is 18.3. The predicted octanol–water partition coefficient (Wildman–Crippen LogP) is 8.39. The van der Waals surface area contributed by atoms with E-state index >= 15 is 0 Å². The molecule has 0 aliphatic carbocycles. The van der Waals surface area contributed by atoms with Gasteiger partial charge in [0.1, 0.15) is 5.75 Å². The summed E-state index contributed by atoms with van der Waals surface area (Å²) in [7, 11) is 0. The molecule has 1 unspecified atom stereocenters. The Morgan fingerprint density at radius 2 is 1.39 bits per heavy atom. The Labute approximate surface area is 183 Å². The smallest absolute Gasteiger partial charge is 0.120 e. The van der Waals surface area contributed by atoms with Crippen molar-refractivity contribution in [3.8, 4) is 5.75 Å². The minimum atomic E-state index is 0.550. The van der Waals surface area contributed by atoms with E-state index in [2.05, 4.69) is 25.7 Å². The number of hydrogen-bond acceptors (Lipinski definition) is 2. The van der Waals surface area contributed by atoms with Crippen LogP contribution in [0.5, 0.6) is 5.75 Å². The van der Waals surface area contributed by atoms with Gasteiger partial charge in [0.05, 0.1) is 16.7 Å². The quantitative estimate of drug-likeness (QED) is 0.230. The second kappa shape index (κ2) is 16.4. The molecule has 0 amide bonds. The van der Waals surface area contributed by atoms with Gasteiger partial charge in [-0.1, -0.05) is 102 Å². The van der Waals surface area contributed by atoms with E-state index in [4.69, 9.17) is 27.9 Å². The second-order valence-electron chi connectivity index (χ2n) is 7.71. The summed E-state index contributed by atoms with van der Waals surface area (Å²) in [6, 6.07) is 6.09. The first-order valence-corrected chi connectivity index (χ1v) is 12.2. The van der Waals surface area contributed by atoms with Crippen LogP contribution in [0.15, 0.2) is 18.2 Å². The summed E-state index contributed by atoms with van der Waals surface area (Å²) in [5.74, 6) is 0.802. The third-order valence-corrected chi connectivity index (χ3v) is 6.32. The molecule has 1 rings (SSSR count). The molecule has 0 fully saturated rings. The van der Waals surface area contributed by atoms with Crippen molar-refractivity contribution in [3.63, 3.8) is 0 Å². The molecule has 0 saturated carbocycles. The molecule has 0 aromatic heterocycles. The highest BCUT2D eigenvalue weighted by atomic mass is 35.5. The third kappa shape index (κ3) is 10.9. The fourth-order valence-electron chi connectivity index (χ4n) is 3.82. The summed E-state index contributed by atoms with van der Waals surface area (Å²) >= 11 is 12.1. The van der Waals surface area contributed by atoms with Crippen molar-refractivity contribution in [3.05, 3.63) is 28.2 Å². The van der Waals surface area contributed by atoms with Gasteiger partial charge in [0, 0.05) is 12.1 Å². The highest BCUT2D eigenvalue weighted by molar-refractivity contribution is 6.42. The van der Waals surface area contributed by atoms with Crippen LogP contribution in [0.1, 0.15) is 91.4 Å². The Kier molecular flexibility index (Phi) is 15.0. The van der Waals surface area contributed by atoms with Crippen molar-refractivity contribution < 1.29 is 4.74 Å². The summed E-state index contributed by atoms with van der Waals surface area (Å²) in [6.07, 6.45) is 14.8. The van der Waals surface area contributed by atoms with Gasteiger partial charge in [0.15, 0.2) is 0 Å². The van der Waals surface area contributed by atoms with Crippen molar-refractivity contribution in [2.75, 3.05) is 19.7 Å². The van der Waals surface area contributed by atoms with Crippen molar-refractivity contribution in [2.45, 2.75) is 97.4 Å². The minimum Gasteiger partial charge on any atom is -0.493 e. The Morgan fingerprint density at radius 3 is 1.96 bits per heavy atom. The van der Waals surface area contributed by atoms with Gasteiger partial charge >= 0.3 is 0 Å². The van der Waals surface area contributed by atoms with Gasteiger partial charge < -0.3 is 9.64 Å². The van der Waals surface area contributed by atoms with Crippen molar-refractivity contribution in [2.24, 2.45) is 0 Å². The number of rotatable bonds is 17. The first-order chi connectivity index (χ1) is 13.6. The minimum absolute atomic E-state index is 0.550. The lowest BCUT2D eigenvalue weighted by Gasteiger charge is -2.30. The topological polar surface area (TPSA) is 12.5 Å². The maximum Gasteiger partial charge on any atom is 0.120 e.